The predicted molar refractivity (Wildman–Crippen MR) is 132 cm³/mol. The molecule has 3 rings (SSSR count). The molecular weight excluding hydrogens is 486 g/mol. The van der Waals surface area contributed by atoms with Gasteiger partial charge in [0.05, 0.1) is 30.5 Å². The van der Waals surface area contributed by atoms with Crippen molar-refractivity contribution in [2.24, 2.45) is 5.10 Å². The fourth-order valence-corrected chi connectivity index (χ4v) is 3.22. The number of hydrogen-bond acceptors (Lipinski definition) is 10. The van der Waals surface area contributed by atoms with Gasteiger partial charge in [-0.1, -0.05) is 0 Å². The van der Waals surface area contributed by atoms with Crippen molar-refractivity contribution in [2.45, 2.75) is 13.8 Å². The van der Waals surface area contributed by atoms with Crippen LogP contribution in [0, 0.1) is 17.0 Å². The number of hydrazone groups is 1. The van der Waals surface area contributed by atoms with E-state index in [1.54, 1.807) is 19.9 Å². The molecule has 0 aliphatic carbocycles. The minimum Gasteiger partial charge on any atom is -0.493 e. The van der Waals surface area contributed by atoms with Crippen molar-refractivity contribution in [1.29, 1.82) is 0 Å². The average molecular weight is 509 g/mol. The Labute approximate surface area is 210 Å². The second-order valence-corrected chi connectivity index (χ2v) is 7.41. The van der Waals surface area contributed by atoms with Gasteiger partial charge in [-0.2, -0.15) is 10.1 Å². The second-order valence-electron chi connectivity index (χ2n) is 7.41. The number of nitrogens with one attached hydrogen (secondary N) is 2. The summed E-state index contributed by atoms with van der Waals surface area (Å²) in [6.45, 7) is 2.98. The molecule has 13 nitrogen and oxygen atoms in total. The minimum absolute atomic E-state index is 0.0587. The standard InChI is InChI=1S/C24H23N5O8/c1-4-36-23(31)21-14(2)26-24(32)27-22(21)16-7-10-18(19(11-16)35-3)37-13-20(30)28-25-12-15-5-8-17(9-6-15)29(33)34/h5-12H,4,13H2,1-3H3,(H,28,30)(H,26,27,32)/b25-12+. The quantitative estimate of drug-likeness (QED) is 0.180. The summed E-state index contributed by atoms with van der Waals surface area (Å²) in [6, 6.07) is 10.2. The summed E-state index contributed by atoms with van der Waals surface area (Å²) >= 11 is 0. The fraction of sp³-hybridized carbons (Fsp3) is 0.208. The fourth-order valence-electron chi connectivity index (χ4n) is 3.22. The number of nitro groups is 1. The lowest BCUT2D eigenvalue weighted by Crippen LogP contribution is -2.24. The Morgan fingerprint density at radius 1 is 1.19 bits per heavy atom. The average Bonchev–Trinajstić information content (AvgIpc) is 2.87. The number of hydrogen-bond donors (Lipinski definition) is 2. The van der Waals surface area contributed by atoms with Crippen LogP contribution in [0.15, 0.2) is 52.4 Å². The number of non-ortho nitro benzene ring substituents is 1. The molecule has 0 bridgehead atoms. The van der Waals surface area contributed by atoms with E-state index in [0.717, 1.165) is 0 Å². The Bertz CT molecular complexity index is 1400. The molecule has 0 atom stereocenters. The number of methoxy groups -OCH3 is 1. The summed E-state index contributed by atoms with van der Waals surface area (Å²) in [5.41, 5.74) is 3.08. The van der Waals surface area contributed by atoms with E-state index in [2.05, 4.69) is 20.5 Å². The summed E-state index contributed by atoms with van der Waals surface area (Å²) in [7, 11) is 1.39. The van der Waals surface area contributed by atoms with Gasteiger partial charge in [0.2, 0.25) is 0 Å². The molecule has 13 heteroatoms. The van der Waals surface area contributed by atoms with Crippen LogP contribution in [0.3, 0.4) is 0 Å². The monoisotopic (exact) mass is 509 g/mol. The summed E-state index contributed by atoms with van der Waals surface area (Å²) in [5, 5.41) is 14.5. The molecule has 1 amide bonds. The van der Waals surface area contributed by atoms with Gasteiger partial charge in [0.1, 0.15) is 5.56 Å². The maximum absolute atomic E-state index is 12.5. The highest BCUT2D eigenvalue weighted by molar-refractivity contribution is 5.97. The number of nitro benzene ring substituents is 1. The molecule has 1 heterocycles. The molecule has 1 aromatic heterocycles. The molecule has 0 fully saturated rings. The molecule has 0 aliphatic heterocycles. The molecule has 37 heavy (non-hydrogen) atoms. The first-order valence-electron chi connectivity index (χ1n) is 10.9. The van der Waals surface area contributed by atoms with Crippen molar-refractivity contribution < 1.29 is 28.7 Å². The number of ether oxygens (including phenoxy) is 3. The number of amides is 1. The first kappa shape index (κ1) is 26.5. The SMILES string of the molecule is CCOC(=O)c1c(-c2ccc(OCC(=O)N/N=C/c3ccc([N+](=O)[O-])cc3)c(OC)c2)nc(=O)[nH]c1C. The zero-order valence-electron chi connectivity index (χ0n) is 20.1. The Hall–Kier alpha value is -5.07. The number of esters is 1. The third-order valence-electron chi connectivity index (χ3n) is 4.90. The van der Waals surface area contributed by atoms with Crippen LogP contribution in [0.25, 0.3) is 11.3 Å². The van der Waals surface area contributed by atoms with Crippen LogP contribution in [-0.4, -0.2) is 53.3 Å². The largest absolute Gasteiger partial charge is 0.493 e. The molecule has 192 valence electrons. The van der Waals surface area contributed by atoms with Gasteiger partial charge in [-0.25, -0.2) is 15.0 Å². The van der Waals surface area contributed by atoms with E-state index < -0.39 is 29.1 Å². The van der Waals surface area contributed by atoms with E-state index in [4.69, 9.17) is 14.2 Å². The third kappa shape index (κ3) is 6.75. The number of aromatic nitrogens is 2. The molecule has 0 spiro atoms. The molecule has 0 saturated heterocycles. The van der Waals surface area contributed by atoms with Gasteiger partial charge < -0.3 is 19.2 Å². The van der Waals surface area contributed by atoms with Gasteiger partial charge in [-0.05, 0) is 49.7 Å². The smallest absolute Gasteiger partial charge is 0.345 e. The van der Waals surface area contributed by atoms with E-state index >= 15 is 0 Å². The summed E-state index contributed by atoms with van der Waals surface area (Å²) in [6.07, 6.45) is 1.33. The van der Waals surface area contributed by atoms with Crippen LogP contribution in [-0.2, 0) is 9.53 Å². The van der Waals surface area contributed by atoms with Crippen LogP contribution < -0.4 is 20.6 Å². The van der Waals surface area contributed by atoms with Crippen molar-refractivity contribution in [3.63, 3.8) is 0 Å². The lowest BCUT2D eigenvalue weighted by molar-refractivity contribution is -0.384. The normalized spacial score (nSPS) is 10.7. The molecule has 2 N–H and O–H groups in total. The first-order chi connectivity index (χ1) is 17.7. The molecule has 2 aromatic carbocycles. The topological polar surface area (TPSA) is 175 Å². The Morgan fingerprint density at radius 2 is 1.92 bits per heavy atom. The Kier molecular flexibility index (Phi) is 8.65. The number of carbonyl (C=O) groups excluding carboxylic acids is 2. The van der Waals surface area contributed by atoms with E-state index in [1.165, 1.54) is 49.7 Å². The van der Waals surface area contributed by atoms with E-state index in [9.17, 15) is 24.5 Å². The number of nitrogens with zero attached hydrogens (tertiary/aromatic N) is 3. The molecule has 0 aliphatic rings. The summed E-state index contributed by atoms with van der Waals surface area (Å²) in [4.78, 5) is 53.2. The van der Waals surface area contributed by atoms with Gasteiger partial charge in [0, 0.05) is 23.4 Å². The highest BCUT2D eigenvalue weighted by Gasteiger charge is 2.21. The second kappa shape index (κ2) is 12.1. The highest BCUT2D eigenvalue weighted by atomic mass is 16.6. The Balaban J connectivity index is 1.71. The zero-order valence-corrected chi connectivity index (χ0v) is 20.1. The Morgan fingerprint density at radius 3 is 2.57 bits per heavy atom. The van der Waals surface area contributed by atoms with Gasteiger partial charge >= 0.3 is 11.7 Å². The van der Waals surface area contributed by atoms with Crippen LogP contribution in [0.5, 0.6) is 11.5 Å². The summed E-state index contributed by atoms with van der Waals surface area (Å²) in [5.74, 6) is -0.751. The number of H-pyrrole nitrogens is 1. The number of aromatic amines is 1. The maximum Gasteiger partial charge on any atom is 0.345 e. The van der Waals surface area contributed by atoms with Crippen molar-refractivity contribution >= 4 is 23.8 Å². The van der Waals surface area contributed by atoms with E-state index in [0.29, 0.717) is 16.8 Å². The molecule has 0 unspecified atom stereocenters. The molecule has 3 aromatic rings. The number of carbonyl (C=O) groups is 2. The predicted octanol–water partition coefficient (Wildman–Crippen LogP) is 2.37. The van der Waals surface area contributed by atoms with Crippen LogP contribution in [0.1, 0.15) is 28.5 Å². The van der Waals surface area contributed by atoms with Gasteiger partial charge in [0.15, 0.2) is 18.1 Å². The first-order valence-corrected chi connectivity index (χ1v) is 10.9. The van der Waals surface area contributed by atoms with Gasteiger partial charge in [0.25, 0.3) is 11.6 Å². The van der Waals surface area contributed by atoms with E-state index in [1.807, 2.05) is 0 Å². The third-order valence-corrected chi connectivity index (χ3v) is 4.90. The summed E-state index contributed by atoms with van der Waals surface area (Å²) < 4.78 is 16.0. The van der Waals surface area contributed by atoms with Crippen molar-refractivity contribution in [2.75, 3.05) is 20.3 Å². The van der Waals surface area contributed by atoms with Crippen molar-refractivity contribution in [1.82, 2.24) is 15.4 Å². The molecule has 0 radical (unpaired) electrons. The lowest BCUT2D eigenvalue weighted by atomic mass is 10.0. The van der Waals surface area contributed by atoms with Gasteiger partial charge in [-0.3, -0.25) is 14.9 Å². The number of rotatable bonds is 10. The minimum atomic E-state index is -0.635. The van der Waals surface area contributed by atoms with Gasteiger partial charge in [-0.15, -0.1) is 0 Å². The number of aryl methyl sites for hydroxylation is 1. The highest BCUT2D eigenvalue weighted by Crippen LogP contribution is 2.33. The van der Waals surface area contributed by atoms with Crippen LogP contribution >= 0.6 is 0 Å². The van der Waals surface area contributed by atoms with Crippen molar-refractivity contribution in [3.05, 3.63) is 79.9 Å². The lowest BCUT2D eigenvalue weighted by Gasteiger charge is -2.14. The van der Waals surface area contributed by atoms with E-state index in [-0.39, 0.29) is 35.1 Å². The zero-order chi connectivity index (χ0) is 26.9. The van der Waals surface area contributed by atoms with Crippen molar-refractivity contribution in [3.8, 4) is 22.8 Å². The van der Waals surface area contributed by atoms with Crippen LogP contribution in [0.2, 0.25) is 0 Å². The maximum atomic E-state index is 12.5. The number of benzene rings is 2. The molecule has 0 saturated carbocycles. The molecular formula is C24H23N5O8. The van der Waals surface area contributed by atoms with Crippen LogP contribution in [0.4, 0.5) is 5.69 Å².